The van der Waals surface area contributed by atoms with E-state index < -0.39 is 86.8 Å². The largest absolute Gasteiger partial charge is 0.394 e. The number of rotatable bonds is 37. The molecule has 14 heteroatoms. The first-order valence-electron chi connectivity index (χ1n) is 25.5. The highest BCUT2D eigenvalue weighted by atomic mass is 16.7. The number of ether oxygens (including phenoxy) is 4. The topological polar surface area (TPSA) is 228 Å². The van der Waals surface area contributed by atoms with E-state index in [2.05, 4.69) is 104 Å². The van der Waals surface area contributed by atoms with Gasteiger partial charge in [0.2, 0.25) is 5.91 Å². The lowest BCUT2D eigenvalue weighted by Crippen LogP contribution is -2.65. The van der Waals surface area contributed by atoms with Crippen LogP contribution in [0.5, 0.6) is 0 Å². The van der Waals surface area contributed by atoms with Gasteiger partial charge < -0.3 is 65.1 Å². The summed E-state index contributed by atoms with van der Waals surface area (Å²) < 4.78 is 22.6. The van der Waals surface area contributed by atoms with E-state index in [1.54, 1.807) is 6.08 Å². The predicted octanol–water partition coefficient (Wildman–Crippen LogP) is 6.76. The maximum absolute atomic E-state index is 13.1. The summed E-state index contributed by atoms with van der Waals surface area (Å²) in [4.78, 5) is 13.1. The van der Waals surface area contributed by atoms with E-state index in [1.807, 2.05) is 6.08 Å². The van der Waals surface area contributed by atoms with Crippen LogP contribution < -0.4 is 5.32 Å². The van der Waals surface area contributed by atoms with Crippen molar-refractivity contribution in [2.75, 3.05) is 19.8 Å². The number of nitrogens with one attached hydrogen (secondary N) is 1. The first-order valence-corrected chi connectivity index (χ1v) is 25.5. The minimum Gasteiger partial charge on any atom is -0.394 e. The first-order chi connectivity index (χ1) is 33.1. The van der Waals surface area contributed by atoms with Crippen molar-refractivity contribution in [2.24, 2.45) is 0 Å². The third-order valence-electron chi connectivity index (χ3n) is 11.8. The van der Waals surface area contributed by atoms with E-state index in [0.29, 0.717) is 6.42 Å². The standard InChI is InChI=1S/C54H89NO13/c1-3-5-7-9-11-12-13-14-15-16-17-18-19-20-21-22-23-24-25-26-27-28-29-30-32-34-36-38-46(59)55-42(43(58)37-35-33-31-10-8-6-4-2)41-65-53-51(64)49(62)52(45(40-57)67-53)68-54-50(63)48(61)47(60)44(39-56)66-54/h5,7,11-12,14-15,17-18,20-21,23-24,26-27,35,37,42-45,47-54,56-58,60-64H,3-4,6,8-10,13,16,19,22,25,28-34,36,38-41H2,1-2H3,(H,55,59)/b7-5-,12-11-,15-14-,18-17-,21-20-,24-23-,27-26-,37-35+. The van der Waals surface area contributed by atoms with Gasteiger partial charge >= 0.3 is 0 Å². The number of amides is 1. The van der Waals surface area contributed by atoms with E-state index in [4.69, 9.17) is 18.9 Å². The zero-order valence-electron chi connectivity index (χ0n) is 41.0. The molecular formula is C54H89NO13. The number of hydrogen-bond donors (Lipinski definition) is 9. The average Bonchev–Trinajstić information content (AvgIpc) is 3.34. The van der Waals surface area contributed by atoms with Gasteiger partial charge in [-0.2, -0.15) is 0 Å². The molecular weight excluding hydrogens is 871 g/mol. The van der Waals surface area contributed by atoms with Gasteiger partial charge in [-0.1, -0.05) is 156 Å². The molecule has 1 amide bonds. The molecule has 9 N–H and O–H groups in total. The molecule has 68 heavy (non-hydrogen) atoms. The normalized spacial score (nSPS) is 27.2. The zero-order valence-corrected chi connectivity index (χ0v) is 41.0. The van der Waals surface area contributed by atoms with Gasteiger partial charge in [0.05, 0.1) is 32.0 Å². The number of carbonyl (C=O) groups is 1. The summed E-state index contributed by atoms with van der Waals surface area (Å²) >= 11 is 0. The van der Waals surface area contributed by atoms with Gasteiger partial charge in [0, 0.05) is 6.42 Å². The Labute approximate surface area is 407 Å². The molecule has 0 bridgehead atoms. The van der Waals surface area contributed by atoms with Gasteiger partial charge in [-0.15, -0.1) is 0 Å². The second kappa shape index (κ2) is 39.6. The summed E-state index contributed by atoms with van der Waals surface area (Å²) in [6.45, 7) is 2.55. The second-order valence-electron chi connectivity index (χ2n) is 17.6. The molecule has 2 aliphatic rings. The third-order valence-corrected chi connectivity index (χ3v) is 11.8. The predicted molar refractivity (Wildman–Crippen MR) is 267 cm³/mol. The summed E-state index contributed by atoms with van der Waals surface area (Å²) in [5.74, 6) is -0.269. The zero-order chi connectivity index (χ0) is 49.6. The van der Waals surface area contributed by atoms with Crippen LogP contribution in [0.25, 0.3) is 0 Å². The monoisotopic (exact) mass is 960 g/mol. The maximum atomic E-state index is 13.1. The number of carbonyl (C=O) groups excluding carboxylic acids is 1. The molecule has 0 radical (unpaired) electrons. The van der Waals surface area contributed by atoms with E-state index in [1.165, 1.54) is 6.42 Å². The molecule has 14 nitrogen and oxygen atoms in total. The molecule has 12 atom stereocenters. The Morgan fingerprint density at radius 2 is 1.01 bits per heavy atom. The molecule has 0 saturated carbocycles. The van der Waals surface area contributed by atoms with Crippen LogP contribution in [0.4, 0.5) is 0 Å². The Kier molecular flexibility index (Phi) is 35.6. The lowest BCUT2D eigenvalue weighted by atomic mass is 9.97. The van der Waals surface area contributed by atoms with Crippen LogP contribution in [0, 0.1) is 0 Å². The van der Waals surface area contributed by atoms with Crippen molar-refractivity contribution in [3.8, 4) is 0 Å². The average molecular weight is 960 g/mol. The Hall–Kier alpha value is -3.09. The van der Waals surface area contributed by atoms with Gasteiger partial charge in [0.25, 0.3) is 0 Å². The fourth-order valence-corrected chi connectivity index (χ4v) is 7.62. The summed E-state index contributed by atoms with van der Waals surface area (Å²) in [5.41, 5.74) is 0. The molecule has 2 fully saturated rings. The molecule has 0 aliphatic carbocycles. The summed E-state index contributed by atoms with van der Waals surface area (Å²) in [6.07, 6.45) is 36.2. The number of aliphatic hydroxyl groups is 8. The first kappa shape index (κ1) is 61.0. The molecule has 2 aliphatic heterocycles. The molecule has 12 unspecified atom stereocenters. The lowest BCUT2D eigenvalue weighted by Gasteiger charge is -2.46. The van der Waals surface area contributed by atoms with Crippen LogP contribution in [0.2, 0.25) is 0 Å². The molecule has 2 rings (SSSR count). The molecule has 2 saturated heterocycles. The fraction of sp³-hybridized carbons (Fsp3) is 0.685. The number of unbranched alkanes of at least 4 members (excludes halogenated alkanes) is 10. The van der Waals surface area contributed by atoms with Crippen LogP contribution in [-0.2, 0) is 23.7 Å². The molecule has 0 aromatic rings. The highest BCUT2D eigenvalue weighted by molar-refractivity contribution is 5.76. The SMILES string of the molecule is CC/C=C\C/C=C\C/C=C\C/C=C\C/C=C\C/C=C\C/C=C\CCCCCCCC(=O)NC(COC1OC(CO)C(OC2OC(CO)C(O)C(O)C2O)C(O)C1O)C(O)/C=C/CCCCCCC. The van der Waals surface area contributed by atoms with Crippen molar-refractivity contribution >= 4 is 5.91 Å². The van der Waals surface area contributed by atoms with Crippen LogP contribution in [-0.4, -0.2) is 140 Å². The van der Waals surface area contributed by atoms with Crippen molar-refractivity contribution < 1.29 is 64.6 Å². The Morgan fingerprint density at radius 1 is 0.544 bits per heavy atom. The lowest BCUT2D eigenvalue weighted by molar-refractivity contribution is -0.359. The molecule has 388 valence electrons. The van der Waals surface area contributed by atoms with E-state index in [-0.39, 0.29) is 18.9 Å². The van der Waals surface area contributed by atoms with Crippen LogP contribution >= 0.6 is 0 Å². The van der Waals surface area contributed by atoms with Gasteiger partial charge in [-0.25, -0.2) is 0 Å². The maximum Gasteiger partial charge on any atom is 0.220 e. The summed E-state index contributed by atoms with van der Waals surface area (Å²) in [7, 11) is 0. The van der Waals surface area contributed by atoms with Crippen molar-refractivity contribution in [3.05, 3.63) is 97.2 Å². The molecule has 0 spiro atoms. The van der Waals surface area contributed by atoms with Gasteiger partial charge in [0.15, 0.2) is 12.6 Å². The summed E-state index contributed by atoms with van der Waals surface area (Å²) in [6, 6.07) is -0.929. The second-order valence-corrected chi connectivity index (χ2v) is 17.6. The summed E-state index contributed by atoms with van der Waals surface area (Å²) in [5, 5.41) is 86.4. The Bertz CT molecular complexity index is 1510. The van der Waals surface area contributed by atoms with Crippen LogP contribution in [0.1, 0.15) is 142 Å². The van der Waals surface area contributed by atoms with Crippen LogP contribution in [0.15, 0.2) is 97.2 Å². The number of allylic oxidation sites excluding steroid dienone is 15. The number of aliphatic hydroxyl groups excluding tert-OH is 8. The van der Waals surface area contributed by atoms with Gasteiger partial charge in [0.1, 0.15) is 48.8 Å². The van der Waals surface area contributed by atoms with Crippen molar-refractivity contribution in [1.82, 2.24) is 5.32 Å². The van der Waals surface area contributed by atoms with Gasteiger partial charge in [-0.05, 0) is 77.0 Å². The van der Waals surface area contributed by atoms with Gasteiger partial charge in [-0.3, -0.25) is 4.79 Å². The fourth-order valence-electron chi connectivity index (χ4n) is 7.62. The quantitative estimate of drug-likeness (QED) is 0.0232. The smallest absolute Gasteiger partial charge is 0.220 e. The van der Waals surface area contributed by atoms with Crippen molar-refractivity contribution in [2.45, 2.75) is 216 Å². The number of hydrogen-bond acceptors (Lipinski definition) is 13. The molecule has 0 aromatic heterocycles. The molecule has 0 aromatic carbocycles. The van der Waals surface area contributed by atoms with E-state index in [9.17, 15) is 45.6 Å². The van der Waals surface area contributed by atoms with Crippen molar-refractivity contribution in [1.29, 1.82) is 0 Å². The minimum absolute atomic E-state index is 0.251. The Balaban J connectivity index is 1.73. The minimum atomic E-state index is -1.79. The van der Waals surface area contributed by atoms with E-state index >= 15 is 0 Å². The van der Waals surface area contributed by atoms with Crippen molar-refractivity contribution in [3.63, 3.8) is 0 Å². The third kappa shape index (κ3) is 26.2. The highest BCUT2D eigenvalue weighted by Gasteiger charge is 2.51. The highest BCUT2D eigenvalue weighted by Crippen LogP contribution is 2.30. The Morgan fingerprint density at radius 3 is 1.56 bits per heavy atom. The van der Waals surface area contributed by atoms with E-state index in [0.717, 1.165) is 109 Å². The van der Waals surface area contributed by atoms with Crippen LogP contribution in [0.3, 0.4) is 0 Å². The molecule has 2 heterocycles.